The highest BCUT2D eigenvalue weighted by molar-refractivity contribution is 5.78. The molecule has 0 spiro atoms. The van der Waals surface area contributed by atoms with Crippen LogP contribution in [0.25, 0.3) is 11.0 Å². The average molecular weight is 318 g/mol. The van der Waals surface area contributed by atoms with E-state index in [0.29, 0.717) is 29.9 Å². The fourth-order valence-corrected chi connectivity index (χ4v) is 2.95. The van der Waals surface area contributed by atoms with E-state index in [0.717, 1.165) is 25.9 Å². The topological polar surface area (TPSA) is 76.3 Å². The van der Waals surface area contributed by atoms with Crippen LogP contribution in [-0.2, 0) is 25.4 Å². The minimum Gasteiger partial charge on any atom is -0.342 e. The molecule has 0 bridgehead atoms. The predicted octanol–water partition coefficient (Wildman–Crippen LogP) is -0.279. The molecule has 1 saturated heterocycles. The number of fused-ring (bicyclic) bond motifs is 1. The Balaban J connectivity index is 1.77. The SMILES string of the molecule is CN(CC(=O)N1CCCC1)Cc1nc2c(cnn2C)c(=O)n1C. The molecule has 0 aliphatic carbocycles. The summed E-state index contributed by atoms with van der Waals surface area (Å²) in [7, 11) is 5.33. The standard InChI is InChI=1S/C15H22N6O2/c1-18(10-13(22)21-6-4-5-7-21)9-12-17-14-11(8-16-20(14)3)15(23)19(12)2/h8H,4-7,9-10H2,1-3H3. The molecular formula is C15H22N6O2. The predicted molar refractivity (Wildman–Crippen MR) is 85.9 cm³/mol. The number of aromatic nitrogens is 4. The summed E-state index contributed by atoms with van der Waals surface area (Å²) in [5.41, 5.74) is 0.458. The number of likely N-dealkylation sites (tertiary alicyclic amines) is 1. The molecule has 8 nitrogen and oxygen atoms in total. The molecule has 0 aromatic carbocycles. The van der Waals surface area contributed by atoms with Crippen LogP contribution in [-0.4, -0.2) is 61.7 Å². The van der Waals surface area contributed by atoms with Gasteiger partial charge in [-0.1, -0.05) is 0 Å². The number of carbonyl (C=O) groups is 1. The third-order valence-electron chi connectivity index (χ3n) is 4.34. The number of nitrogens with zero attached hydrogens (tertiary/aromatic N) is 6. The summed E-state index contributed by atoms with van der Waals surface area (Å²) in [5, 5.41) is 4.59. The molecule has 0 N–H and O–H groups in total. The van der Waals surface area contributed by atoms with Gasteiger partial charge in [0.25, 0.3) is 5.56 Å². The maximum Gasteiger partial charge on any atom is 0.264 e. The maximum atomic E-state index is 12.4. The maximum absolute atomic E-state index is 12.4. The second-order valence-corrected chi connectivity index (χ2v) is 6.16. The first-order valence-electron chi connectivity index (χ1n) is 7.81. The smallest absolute Gasteiger partial charge is 0.264 e. The summed E-state index contributed by atoms with van der Waals surface area (Å²) in [6.07, 6.45) is 3.71. The van der Waals surface area contributed by atoms with Crippen molar-refractivity contribution >= 4 is 16.9 Å². The second kappa shape index (κ2) is 6.11. The molecule has 0 unspecified atom stereocenters. The molecule has 1 aliphatic heterocycles. The highest BCUT2D eigenvalue weighted by Gasteiger charge is 2.20. The Labute approximate surface area is 134 Å². The third-order valence-corrected chi connectivity index (χ3v) is 4.34. The number of hydrogen-bond acceptors (Lipinski definition) is 5. The summed E-state index contributed by atoms with van der Waals surface area (Å²) in [6.45, 7) is 2.47. The molecule has 3 rings (SSSR count). The van der Waals surface area contributed by atoms with Gasteiger partial charge in [-0.2, -0.15) is 5.10 Å². The zero-order valence-corrected chi connectivity index (χ0v) is 13.8. The Morgan fingerprint density at radius 3 is 2.70 bits per heavy atom. The molecule has 1 fully saturated rings. The Kier molecular flexibility index (Phi) is 4.16. The van der Waals surface area contributed by atoms with Gasteiger partial charge in [-0.25, -0.2) is 4.98 Å². The molecule has 8 heteroatoms. The molecule has 23 heavy (non-hydrogen) atoms. The van der Waals surface area contributed by atoms with Crippen molar-refractivity contribution in [1.29, 1.82) is 0 Å². The van der Waals surface area contributed by atoms with E-state index in [2.05, 4.69) is 10.1 Å². The van der Waals surface area contributed by atoms with Crippen LogP contribution >= 0.6 is 0 Å². The van der Waals surface area contributed by atoms with Crippen molar-refractivity contribution in [3.8, 4) is 0 Å². The molecule has 0 radical (unpaired) electrons. The van der Waals surface area contributed by atoms with Crippen LogP contribution in [0.3, 0.4) is 0 Å². The van der Waals surface area contributed by atoms with Crippen LogP contribution in [0.15, 0.2) is 11.0 Å². The van der Waals surface area contributed by atoms with Crippen molar-refractivity contribution in [2.45, 2.75) is 19.4 Å². The van der Waals surface area contributed by atoms with Gasteiger partial charge in [-0.3, -0.25) is 23.7 Å². The second-order valence-electron chi connectivity index (χ2n) is 6.16. The van der Waals surface area contributed by atoms with Gasteiger partial charge in [0.05, 0.1) is 19.3 Å². The molecule has 0 saturated carbocycles. The zero-order valence-electron chi connectivity index (χ0n) is 13.8. The lowest BCUT2D eigenvalue weighted by Gasteiger charge is -2.21. The lowest BCUT2D eigenvalue weighted by Crippen LogP contribution is -2.38. The molecule has 2 aromatic rings. The van der Waals surface area contributed by atoms with Gasteiger partial charge < -0.3 is 4.90 Å². The van der Waals surface area contributed by atoms with Crippen LogP contribution in [0.4, 0.5) is 0 Å². The van der Waals surface area contributed by atoms with Gasteiger partial charge in [0.15, 0.2) is 5.65 Å². The van der Waals surface area contributed by atoms with Crippen molar-refractivity contribution < 1.29 is 4.79 Å². The minimum absolute atomic E-state index is 0.114. The molecule has 0 atom stereocenters. The van der Waals surface area contributed by atoms with Gasteiger partial charge >= 0.3 is 0 Å². The van der Waals surface area contributed by atoms with Gasteiger partial charge in [0.2, 0.25) is 5.91 Å². The van der Waals surface area contributed by atoms with E-state index in [1.807, 2.05) is 16.8 Å². The van der Waals surface area contributed by atoms with Crippen molar-refractivity contribution in [1.82, 2.24) is 29.1 Å². The Hall–Kier alpha value is -2.22. The molecule has 1 aliphatic rings. The first-order chi connectivity index (χ1) is 11.0. The van der Waals surface area contributed by atoms with E-state index in [9.17, 15) is 9.59 Å². The van der Waals surface area contributed by atoms with Gasteiger partial charge in [0.1, 0.15) is 11.2 Å². The molecule has 2 aromatic heterocycles. The number of carbonyl (C=O) groups excluding carboxylic acids is 1. The van der Waals surface area contributed by atoms with Crippen LogP contribution < -0.4 is 5.56 Å². The van der Waals surface area contributed by atoms with Crippen LogP contribution in [0, 0.1) is 0 Å². The van der Waals surface area contributed by atoms with Crippen LogP contribution in [0.5, 0.6) is 0 Å². The summed E-state index contributed by atoms with van der Waals surface area (Å²) in [6, 6.07) is 0. The third kappa shape index (κ3) is 2.98. The quantitative estimate of drug-likeness (QED) is 0.775. The monoisotopic (exact) mass is 318 g/mol. The number of amides is 1. The Bertz CT molecular complexity index is 787. The van der Waals surface area contributed by atoms with Crippen molar-refractivity contribution in [3.63, 3.8) is 0 Å². The average Bonchev–Trinajstić information content (AvgIpc) is 3.15. The first-order valence-corrected chi connectivity index (χ1v) is 7.81. The summed E-state index contributed by atoms with van der Waals surface area (Å²) >= 11 is 0. The number of aryl methyl sites for hydroxylation is 1. The van der Waals surface area contributed by atoms with Gasteiger partial charge in [-0.05, 0) is 19.9 Å². The van der Waals surface area contributed by atoms with E-state index in [1.54, 1.807) is 18.8 Å². The molecule has 3 heterocycles. The zero-order chi connectivity index (χ0) is 16.6. The fraction of sp³-hybridized carbons (Fsp3) is 0.600. The first kappa shape index (κ1) is 15.7. The minimum atomic E-state index is -0.114. The Morgan fingerprint density at radius 1 is 1.30 bits per heavy atom. The highest BCUT2D eigenvalue weighted by atomic mass is 16.2. The Morgan fingerprint density at radius 2 is 2.00 bits per heavy atom. The summed E-state index contributed by atoms with van der Waals surface area (Å²) in [4.78, 5) is 32.9. The van der Waals surface area contributed by atoms with Gasteiger partial charge in [0, 0.05) is 27.2 Å². The summed E-state index contributed by atoms with van der Waals surface area (Å²) < 4.78 is 3.12. The largest absolute Gasteiger partial charge is 0.342 e. The lowest BCUT2D eigenvalue weighted by molar-refractivity contribution is -0.131. The van der Waals surface area contributed by atoms with E-state index in [1.165, 1.54) is 10.8 Å². The van der Waals surface area contributed by atoms with Gasteiger partial charge in [-0.15, -0.1) is 0 Å². The van der Waals surface area contributed by atoms with E-state index < -0.39 is 0 Å². The number of rotatable bonds is 4. The fourth-order valence-electron chi connectivity index (χ4n) is 2.95. The lowest BCUT2D eigenvalue weighted by atomic mass is 10.3. The van der Waals surface area contributed by atoms with E-state index in [4.69, 9.17) is 0 Å². The van der Waals surface area contributed by atoms with Crippen molar-refractivity contribution in [2.24, 2.45) is 14.1 Å². The molecule has 124 valence electrons. The van der Waals surface area contributed by atoms with Crippen molar-refractivity contribution in [2.75, 3.05) is 26.7 Å². The van der Waals surface area contributed by atoms with Crippen LogP contribution in [0.1, 0.15) is 18.7 Å². The number of hydrogen-bond donors (Lipinski definition) is 0. The number of likely N-dealkylation sites (N-methyl/N-ethyl adjacent to an activating group) is 1. The van der Waals surface area contributed by atoms with E-state index in [-0.39, 0.29) is 11.5 Å². The summed E-state index contributed by atoms with van der Waals surface area (Å²) in [5.74, 6) is 0.763. The molecular weight excluding hydrogens is 296 g/mol. The normalized spacial score (nSPS) is 15.0. The van der Waals surface area contributed by atoms with E-state index >= 15 is 0 Å². The highest BCUT2D eigenvalue weighted by Crippen LogP contribution is 2.10. The van der Waals surface area contributed by atoms with Crippen LogP contribution in [0.2, 0.25) is 0 Å². The van der Waals surface area contributed by atoms with Crippen molar-refractivity contribution in [3.05, 3.63) is 22.4 Å². The molecule has 1 amide bonds.